The van der Waals surface area contributed by atoms with Gasteiger partial charge in [0, 0.05) is 11.5 Å². The molecule has 0 spiro atoms. The van der Waals surface area contributed by atoms with Gasteiger partial charge in [-0.25, -0.2) is 4.39 Å². The minimum atomic E-state index is -0.387. The smallest absolute Gasteiger partial charge is 0.142 e. The number of rotatable bonds is 4. The van der Waals surface area contributed by atoms with Gasteiger partial charge in [0.15, 0.2) is 0 Å². The first-order valence-electron chi connectivity index (χ1n) is 9.72. The maximum atomic E-state index is 13.6. The second-order valence-electron chi connectivity index (χ2n) is 7.34. The van der Waals surface area contributed by atoms with E-state index in [-0.39, 0.29) is 10.8 Å². The molecule has 0 amide bonds. The lowest BCUT2D eigenvalue weighted by atomic mass is 9.80. The van der Waals surface area contributed by atoms with Crippen molar-refractivity contribution in [2.45, 2.75) is 51.9 Å². The lowest BCUT2D eigenvalue weighted by molar-refractivity contribution is 0.296. The highest BCUT2D eigenvalue weighted by atomic mass is 35.5. The van der Waals surface area contributed by atoms with Crippen molar-refractivity contribution in [1.82, 2.24) is 0 Å². The molecule has 0 saturated heterocycles. The van der Waals surface area contributed by atoms with Crippen LogP contribution in [0.25, 0.3) is 11.1 Å². The highest BCUT2D eigenvalue weighted by Crippen LogP contribution is 2.31. The monoisotopic (exact) mass is 368 g/mol. The van der Waals surface area contributed by atoms with E-state index in [0.717, 1.165) is 22.6 Å². The van der Waals surface area contributed by atoms with E-state index in [4.69, 9.17) is 11.6 Å². The summed E-state index contributed by atoms with van der Waals surface area (Å²) in [5.74, 6) is 7.87. The Bertz CT molecular complexity index is 774. The molecule has 0 atom stereocenters. The van der Waals surface area contributed by atoms with Gasteiger partial charge in [0.25, 0.3) is 0 Å². The average molecular weight is 369 g/mol. The van der Waals surface area contributed by atoms with E-state index in [1.165, 1.54) is 51.0 Å². The molecule has 0 aliphatic heterocycles. The second kappa shape index (κ2) is 9.24. The van der Waals surface area contributed by atoms with Crippen molar-refractivity contribution in [3.63, 3.8) is 0 Å². The van der Waals surface area contributed by atoms with Crippen molar-refractivity contribution < 1.29 is 4.39 Å². The van der Waals surface area contributed by atoms with Crippen molar-refractivity contribution in [3.05, 3.63) is 58.9 Å². The Morgan fingerprint density at radius 2 is 1.69 bits per heavy atom. The van der Waals surface area contributed by atoms with E-state index < -0.39 is 0 Å². The quantitative estimate of drug-likeness (QED) is 0.490. The van der Waals surface area contributed by atoms with Crippen molar-refractivity contribution in [1.29, 1.82) is 0 Å². The highest BCUT2D eigenvalue weighted by molar-refractivity contribution is 6.30. The summed E-state index contributed by atoms with van der Waals surface area (Å²) < 4.78 is 13.6. The van der Waals surface area contributed by atoms with Gasteiger partial charge in [0.1, 0.15) is 5.82 Å². The van der Waals surface area contributed by atoms with Crippen molar-refractivity contribution in [2.24, 2.45) is 11.8 Å². The zero-order valence-electron chi connectivity index (χ0n) is 15.4. The molecule has 1 saturated carbocycles. The first-order valence-corrected chi connectivity index (χ1v) is 10.1. The summed E-state index contributed by atoms with van der Waals surface area (Å²) in [5, 5.41) is 0.153. The molecule has 0 bridgehead atoms. The zero-order valence-corrected chi connectivity index (χ0v) is 16.2. The second-order valence-corrected chi connectivity index (χ2v) is 7.74. The summed E-state index contributed by atoms with van der Waals surface area (Å²) >= 11 is 5.75. The van der Waals surface area contributed by atoms with Gasteiger partial charge in [-0.15, -0.1) is 0 Å². The van der Waals surface area contributed by atoms with Crippen LogP contribution in [0.4, 0.5) is 4.39 Å². The molecule has 0 aromatic heterocycles. The van der Waals surface area contributed by atoms with Crippen LogP contribution in [0.2, 0.25) is 5.02 Å². The molecule has 136 valence electrons. The Morgan fingerprint density at radius 1 is 1.00 bits per heavy atom. The van der Waals surface area contributed by atoms with Crippen LogP contribution in [-0.4, -0.2) is 0 Å². The van der Waals surface area contributed by atoms with E-state index in [1.807, 2.05) is 30.3 Å². The Balaban J connectivity index is 1.58. The summed E-state index contributed by atoms with van der Waals surface area (Å²) in [6.45, 7) is 2.27. The van der Waals surface area contributed by atoms with Gasteiger partial charge in [0.05, 0.1) is 5.02 Å². The van der Waals surface area contributed by atoms with Crippen LogP contribution in [0.1, 0.15) is 57.4 Å². The van der Waals surface area contributed by atoms with Crippen molar-refractivity contribution in [3.8, 4) is 23.0 Å². The number of unbranched alkanes of at least 4 members (excludes halogenated alkanes) is 1. The first kappa shape index (κ1) is 19.0. The van der Waals surface area contributed by atoms with Gasteiger partial charge < -0.3 is 0 Å². The van der Waals surface area contributed by atoms with Gasteiger partial charge in [-0.1, -0.05) is 67.8 Å². The zero-order chi connectivity index (χ0) is 18.4. The molecular weight excluding hydrogens is 343 g/mol. The van der Waals surface area contributed by atoms with E-state index in [2.05, 4.69) is 18.8 Å². The van der Waals surface area contributed by atoms with Crippen molar-refractivity contribution in [2.75, 3.05) is 0 Å². The minimum Gasteiger partial charge on any atom is -0.205 e. The molecule has 2 heteroatoms. The van der Waals surface area contributed by atoms with E-state index in [0.29, 0.717) is 5.92 Å². The van der Waals surface area contributed by atoms with Gasteiger partial charge >= 0.3 is 0 Å². The highest BCUT2D eigenvalue weighted by Gasteiger charge is 2.19. The third kappa shape index (κ3) is 5.12. The SMILES string of the molecule is CCCCC1CCC(C#Cc2ccc(-c3ccc(Cl)c(F)c3)cc2)CC1. The molecule has 0 radical (unpaired) electrons. The lowest BCUT2D eigenvalue weighted by Gasteiger charge is -2.25. The van der Waals surface area contributed by atoms with Crippen molar-refractivity contribution >= 4 is 11.6 Å². The molecule has 3 rings (SSSR count). The Hall–Kier alpha value is -1.78. The predicted molar refractivity (Wildman–Crippen MR) is 109 cm³/mol. The van der Waals surface area contributed by atoms with E-state index >= 15 is 0 Å². The molecule has 0 nitrogen and oxygen atoms in total. The van der Waals surface area contributed by atoms with Crippen LogP contribution in [0, 0.1) is 29.5 Å². The van der Waals surface area contributed by atoms with Crippen LogP contribution in [0.15, 0.2) is 42.5 Å². The van der Waals surface area contributed by atoms with Gasteiger partial charge in [-0.05, 0) is 67.0 Å². The number of hydrogen-bond acceptors (Lipinski definition) is 0. The summed E-state index contributed by atoms with van der Waals surface area (Å²) in [6, 6.07) is 12.9. The summed E-state index contributed by atoms with van der Waals surface area (Å²) in [5.41, 5.74) is 2.83. The molecule has 1 aliphatic carbocycles. The normalized spacial score (nSPS) is 19.7. The number of benzene rings is 2. The lowest BCUT2D eigenvalue weighted by Crippen LogP contribution is -2.13. The van der Waals surface area contributed by atoms with Gasteiger partial charge in [-0.3, -0.25) is 0 Å². The molecule has 0 heterocycles. The fourth-order valence-corrected chi connectivity index (χ4v) is 3.81. The fraction of sp³-hybridized carbons (Fsp3) is 0.417. The van der Waals surface area contributed by atoms with Crippen LogP contribution >= 0.6 is 11.6 Å². The largest absolute Gasteiger partial charge is 0.205 e. The summed E-state index contributed by atoms with van der Waals surface area (Å²) in [4.78, 5) is 0. The molecule has 2 aromatic carbocycles. The summed E-state index contributed by atoms with van der Waals surface area (Å²) in [6.07, 6.45) is 9.21. The minimum absolute atomic E-state index is 0.153. The van der Waals surface area contributed by atoms with E-state index in [1.54, 1.807) is 6.07 Å². The third-order valence-electron chi connectivity index (χ3n) is 5.37. The molecule has 1 aliphatic rings. The van der Waals surface area contributed by atoms with Gasteiger partial charge in [0.2, 0.25) is 0 Å². The summed E-state index contributed by atoms with van der Waals surface area (Å²) in [7, 11) is 0. The third-order valence-corrected chi connectivity index (χ3v) is 5.68. The predicted octanol–water partition coefficient (Wildman–Crippen LogP) is 7.49. The van der Waals surface area contributed by atoms with Crippen LogP contribution in [0.3, 0.4) is 0 Å². The first-order chi connectivity index (χ1) is 12.7. The molecule has 0 N–H and O–H groups in total. The van der Waals surface area contributed by atoms with Crippen LogP contribution in [-0.2, 0) is 0 Å². The Kier molecular flexibility index (Phi) is 6.75. The van der Waals surface area contributed by atoms with Crippen LogP contribution in [0.5, 0.6) is 0 Å². The molecular formula is C24H26ClF. The van der Waals surface area contributed by atoms with Crippen LogP contribution < -0.4 is 0 Å². The van der Waals surface area contributed by atoms with E-state index in [9.17, 15) is 4.39 Å². The maximum Gasteiger partial charge on any atom is 0.142 e. The number of hydrogen-bond donors (Lipinski definition) is 0. The molecule has 1 fully saturated rings. The molecule has 26 heavy (non-hydrogen) atoms. The Labute approximate surface area is 161 Å². The standard InChI is InChI=1S/C24H26ClF/c1-2-3-4-18-5-7-19(8-6-18)9-10-20-11-13-21(14-12-20)22-15-16-23(25)24(26)17-22/h11-19H,2-8H2,1H3. The Morgan fingerprint density at radius 3 is 2.35 bits per heavy atom. The maximum absolute atomic E-state index is 13.6. The van der Waals surface area contributed by atoms with Gasteiger partial charge in [-0.2, -0.15) is 0 Å². The number of halogens is 2. The fourth-order valence-electron chi connectivity index (χ4n) is 3.70. The molecule has 2 aromatic rings. The topological polar surface area (TPSA) is 0 Å². The average Bonchev–Trinajstić information content (AvgIpc) is 2.68. The molecule has 0 unspecified atom stereocenters.